The zero-order valence-corrected chi connectivity index (χ0v) is 38.5. The number of nitrogens with one attached hydrogen (secondary N) is 1. The van der Waals surface area contributed by atoms with E-state index < -0.39 is 26.5 Å². The number of esters is 1. The molecule has 0 aliphatic heterocycles. The zero-order chi connectivity index (χ0) is 41.8. The number of rotatable bonds is 47. The number of carbonyl (C=O) groups excluding carboxylic acids is 2. The number of amides is 1. The molecule has 57 heavy (non-hydrogen) atoms. The first-order valence-corrected chi connectivity index (χ1v) is 26.0. The average molecular weight is 832 g/mol. The predicted molar refractivity (Wildman–Crippen MR) is 238 cm³/mol. The molecule has 2 unspecified atom stereocenters. The second-order valence-electron chi connectivity index (χ2n) is 16.8. The minimum Gasteiger partial charge on any atom is -0.463 e. The van der Waals surface area contributed by atoms with Crippen LogP contribution in [-0.2, 0) is 27.9 Å². The van der Waals surface area contributed by atoms with Crippen molar-refractivity contribution in [3.05, 3.63) is 0 Å². The molecule has 0 aromatic heterocycles. The monoisotopic (exact) mass is 832 g/mol. The van der Waals surface area contributed by atoms with Gasteiger partial charge in [-0.05, 0) is 12.8 Å². The van der Waals surface area contributed by atoms with Gasteiger partial charge in [0.2, 0.25) is 5.91 Å². The molecule has 0 bridgehead atoms. The topological polar surface area (TPSA) is 131 Å². The number of hydrogen-bond acceptors (Lipinski definition) is 7. The van der Waals surface area contributed by atoms with Crippen molar-refractivity contribution in [3.8, 4) is 0 Å². The highest BCUT2D eigenvalue weighted by Gasteiger charge is 2.23. The van der Waals surface area contributed by atoms with Crippen LogP contribution in [0, 0.1) is 0 Å². The standard InChI is InChI=1S/C47H94NO8P/c1-3-5-7-9-11-13-15-17-19-21-22-23-24-25-27-29-31-33-35-37-39-46(50)48-41-42-55-57(52,53)56-44-45(49)43-54-47(51)40-38-36-34-32-30-28-26-20-18-16-14-12-10-8-6-4-2/h45,49H,3-44H2,1-2H3,(H,48,50)(H,52,53). The van der Waals surface area contributed by atoms with E-state index in [4.69, 9.17) is 13.8 Å². The Bertz CT molecular complexity index is 907. The van der Waals surface area contributed by atoms with Gasteiger partial charge in [-0.25, -0.2) is 4.57 Å². The number of ether oxygens (including phenoxy) is 1. The highest BCUT2D eigenvalue weighted by Crippen LogP contribution is 2.42. The normalized spacial score (nSPS) is 13.1. The molecule has 10 heteroatoms. The van der Waals surface area contributed by atoms with Crippen LogP contribution in [0.4, 0.5) is 0 Å². The minimum atomic E-state index is -4.41. The molecule has 0 heterocycles. The zero-order valence-electron chi connectivity index (χ0n) is 37.6. The van der Waals surface area contributed by atoms with Crippen molar-refractivity contribution in [2.75, 3.05) is 26.4 Å². The number of phosphoric ester groups is 1. The molecule has 1 amide bonds. The molecule has 0 rings (SSSR count). The highest BCUT2D eigenvalue weighted by atomic mass is 31.2. The summed E-state index contributed by atoms with van der Waals surface area (Å²) in [6.45, 7) is 3.62. The second kappa shape index (κ2) is 44.6. The molecular weight excluding hydrogens is 737 g/mol. The summed E-state index contributed by atoms with van der Waals surface area (Å²) in [6, 6.07) is 0. The number of aliphatic hydroxyl groups is 1. The third-order valence-corrected chi connectivity index (χ3v) is 12.0. The van der Waals surface area contributed by atoms with Crippen molar-refractivity contribution in [1.29, 1.82) is 0 Å². The molecule has 0 radical (unpaired) electrons. The molecule has 0 saturated carbocycles. The van der Waals surface area contributed by atoms with Gasteiger partial charge < -0.3 is 20.1 Å². The number of phosphoric acid groups is 1. The van der Waals surface area contributed by atoms with E-state index in [0.717, 1.165) is 38.5 Å². The van der Waals surface area contributed by atoms with Gasteiger partial charge in [-0.1, -0.05) is 232 Å². The van der Waals surface area contributed by atoms with Crippen molar-refractivity contribution in [2.24, 2.45) is 0 Å². The van der Waals surface area contributed by atoms with E-state index in [0.29, 0.717) is 12.8 Å². The summed E-state index contributed by atoms with van der Waals surface area (Å²) in [5.41, 5.74) is 0. The smallest absolute Gasteiger partial charge is 0.463 e. The first-order valence-electron chi connectivity index (χ1n) is 24.5. The summed E-state index contributed by atoms with van der Waals surface area (Å²) in [5.74, 6) is -0.500. The van der Waals surface area contributed by atoms with Gasteiger partial charge in [-0.3, -0.25) is 18.6 Å². The Kier molecular flexibility index (Phi) is 43.8. The Hall–Kier alpha value is -0.990. The van der Waals surface area contributed by atoms with E-state index in [1.807, 2.05) is 0 Å². The summed E-state index contributed by atoms with van der Waals surface area (Å²) in [6.07, 6.45) is 46.1. The van der Waals surface area contributed by atoms with Crippen molar-refractivity contribution >= 4 is 19.7 Å². The predicted octanol–water partition coefficient (Wildman–Crippen LogP) is 14.0. The van der Waals surface area contributed by atoms with Crippen LogP contribution in [0.5, 0.6) is 0 Å². The molecule has 0 aromatic carbocycles. The third kappa shape index (κ3) is 45.9. The lowest BCUT2D eigenvalue weighted by Crippen LogP contribution is -2.27. The number of unbranched alkanes of at least 4 members (excludes halogenated alkanes) is 34. The van der Waals surface area contributed by atoms with Crippen LogP contribution in [0.25, 0.3) is 0 Å². The lowest BCUT2D eigenvalue weighted by Gasteiger charge is -2.15. The van der Waals surface area contributed by atoms with Crippen molar-refractivity contribution < 1.29 is 37.9 Å². The van der Waals surface area contributed by atoms with E-state index in [-0.39, 0.29) is 25.7 Å². The van der Waals surface area contributed by atoms with E-state index in [1.165, 1.54) is 193 Å². The Labute approximate surface area is 352 Å². The Morgan fingerprint density at radius 3 is 1.14 bits per heavy atom. The van der Waals surface area contributed by atoms with Crippen LogP contribution in [0.1, 0.15) is 258 Å². The summed E-state index contributed by atoms with van der Waals surface area (Å²) in [4.78, 5) is 34.0. The van der Waals surface area contributed by atoms with Gasteiger partial charge in [-0.15, -0.1) is 0 Å². The van der Waals surface area contributed by atoms with Crippen molar-refractivity contribution in [1.82, 2.24) is 5.32 Å². The molecule has 340 valence electrons. The Morgan fingerprint density at radius 2 is 0.789 bits per heavy atom. The molecule has 0 spiro atoms. The summed E-state index contributed by atoms with van der Waals surface area (Å²) >= 11 is 0. The van der Waals surface area contributed by atoms with Crippen LogP contribution < -0.4 is 5.32 Å². The van der Waals surface area contributed by atoms with Crippen LogP contribution in [-0.4, -0.2) is 54.3 Å². The van der Waals surface area contributed by atoms with E-state index in [1.54, 1.807) is 0 Å². The summed E-state index contributed by atoms with van der Waals surface area (Å²) in [5, 5.41) is 12.7. The first kappa shape index (κ1) is 56.0. The van der Waals surface area contributed by atoms with Gasteiger partial charge in [0.1, 0.15) is 12.7 Å². The fraction of sp³-hybridized carbons (Fsp3) is 0.957. The fourth-order valence-corrected chi connectivity index (χ4v) is 8.08. The van der Waals surface area contributed by atoms with Gasteiger partial charge in [-0.2, -0.15) is 0 Å². The lowest BCUT2D eigenvalue weighted by molar-refractivity contribution is -0.147. The largest absolute Gasteiger partial charge is 0.472 e. The quantitative estimate of drug-likeness (QED) is 0.0314. The number of carbonyl (C=O) groups is 2. The van der Waals surface area contributed by atoms with E-state index in [2.05, 4.69) is 19.2 Å². The van der Waals surface area contributed by atoms with Crippen LogP contribution >= 0.6 is 7.82 Å². The first-order chi connectivity index (χ1) is 27.8. The molecule has 0 aliphatic carbocycles. The third-order valence-electron chi connectivity index (χ3n) is 11.0. The van der Waals surface area contributed by atoms with Crippen LogP contribution in [0.3, 0.4) is 0 Å². The SMILES string of the molecule is CCCCCCCCCCCCCCCCCCCCCCC(=O)NCCOP(=O)(O)OCC(O)COC(=O)CCCCCCCCCCCCCCCCCC. The lowest BCUT2D eigenvalue weighted by atomic mass is 10.0. The summed E-state index contributed by atoms with van der Waals surface area (Å²) in [7, 11) is -4.41. The second-order valence-corrected chi connectivity index (χ2v) is 18.3. The highest BCUT2D eigenvalue weighted by molar-refractivity contribution is 7.47. The Morgan fingerprint density at radius 1 is 0.474 bits per heavy atom. The van der Waals surface area contributed by atoms with Crippen molar-refractivity contribution in [2.45, 2.75) is 264 Å². The summed E-state index contributed by atoms with van der Waals surface area (Å²) < 4.78 is 26.9. The molecule has 0 aliphatic rings. The molecular formula is C47H94NO8P. The maximum Gasteiger partial charge on any atom is 0.472 e. The Balaban J connectivity index is 3.51. The molecule has 3 N–H and O–H groups in total. The van der Waals surface area contributed by atoms with Crippen molar-refractivity contribution in [3.63, 3.8) is 0 Å². The van der Waals surface area contributed by atoms with Gasteiger partial charge in [0, 0.05) is 19.4 Å². The maximum absolute atomic E-state index is 12.1. The van der Waals surface area contributed by atoms with Gasteiger partial charge >= 0.3 is 13.8 Å². The number of hydrogen-bond donors (Lipinski definition) is 3. The van der Waals surface area contributed by atoms with Gasteiger partial charge in [0.15, 0.2) is 0 Å². The fourth-order valence-electron chi connectivity index (χ4n) is 7.32. The molecule has 9 nitrogen and oxygen atoms in total. The maximum atomic E-state index is 12.1. The van der Waals surface area contributed by atoms with E-state index in [9.17, 15) is 24.2 Å². The number of aliphatic hydroxyl groups excluding tert-OH is 1. The molecule has 0 fully saturated rings. The molecule has 0 aromatic rings. The van der Waals surface area contributed by atoms with Gasteiger partial charge in [0.25, 0.3) is 0 Å². The van der Waals surface area contributed by atoms with Gasteiger partial charge in [0.05, 0.1) is 13.2 Å². The van der Waals surface area contributed by atoms with Crippen LogP contribution in [0.2, 0.25) is 0 Å². The average Bonchev–Trinajstić information content (AvgIpc) is 3.20. The molecule has 0 saturated heterocycles. The van der Waals surface area contributed by atoms with E-state index >= 15 is 0 Å². The minimum absolute atomic E-state index is 0.0888. The molecule has 2 atom stereocenters. The van der Waals surface area contributed by atoms with Crippen LogP contribution in [0.15, 0.2) is 0 Å².